The van der Waals surface area contributed by atoms with Crippen LogP contribution < -0.4 is 9.64 Å². The van der Waals surface area contributed by atoms with Crippen LogP contribution in [0.5, 0.6) is 5.75 Å². The van der Waals surface area contributed by atoms with Crippen molar-refractivity contribution in [2.45, 2.75) is 58.5 Å². The van der Waals surface area contributed by atoms with Crippen molar-refractivity contribution in [1.82, 2.24) is 24.8 Å². The molecule has 4 rings (SSSR count). The lowest BCUT2D eigenvalue weighted by Gasteiger charge is -2.35. The molecular formula is C26H40N6O4. The smallest absolute Gasteiger partial charge is 0.222 e. The number of aryl methyl sites for hydroxylation is 1. The van der Waals surface area contributed by atoms with Gasteiger partial charge in [-0.1, -0.05) is 18.2 Å². The number of ether oxygens (including phenoxy) is 2. The summed E-state index contributed by atoms with van der Waals surface area (Å²) in [5, 5.41) is 18.2. The number of benzene rings is 1. The van der Waals surface area contributed by atoms with Crippen LogP contribution in [0.1, 0.15) is 37.9 Å². The summed E-state index contributed by atoms with van der Waals surface area (Å²) in [6, 6.07) is 6.16. The molecule has 10 heteroatoms. The summed E-state index contributed by atoms with van der Waals surface area (Å²) in [7, 11) is 4.17. The van der Waals surface area contributed by atoms with Gasteiger partial charge >= 0.3 is 0 Å². The van der Waals surface area contributed by atoms with Crippen LogP contribution in [0.15, 0.2) is 24.4 Å². The van der Waals surface area contributed by atoms with Gasteiger partial charge in [-0.05, 0) is 38.1 Å². The highest BCUT2D eigenvalue weighted by Crippen LogP contribution is 2.31. The molecule has 3 atom stereocenters. The molecule has 2 aliphatic heterocycles. The Hall–Kier alpha value is -2.69. The third kappa shape index (κ3) is 6.54. The minimum absolute atomic E-state index is 0.0501. The Morgan fingerprint density at radius 1 is 1.31 bits per heavy atom. The third-order valence-corrected chi connectivity index (χ3v) is 7.11. The summed E-state index contributed by atoms with van der Waals surface area (Å²) in [5.74, 6) is 1.03. The predicted octanol–water partition coefficient (Wildman–Crippen LogP) is 1.76. The number of nitrogens with zero attached hydrogens (tertiary/aromatic N) is 6. The van der Waals surface area contributed by atoms with E-state index >= 15 is 0 Å². The van der Waals surface area contributed by atoms with E-state index in [1.165, 1.54) is 5.56 Å². The molecule has 1 aromatic carbocycles. The topological polar surface area (TPSA) is 96.2 Å². The van der Waals surface area contributed by atoms with Gasteiger partial charge in [0.15, 0.2) is 0 Å². The van der Waals surface area contributed by atoms with Gasteiger partial charge < -0.3 is 24.4 Å². The second kappa shape index (κ2) is 12.0. The molecule has 2 bridgehead atoms. The van der Waals surface area contributed by atoms with E-state index in [-0.39, 0.29) is 30.6 Å². The lowest BCUT2D eigenvalue weighted by Crippen LogP contribution is -2.47. The number of hydrogen-bond acceptors (Lipinski definition) is 8. The van der Waals surface area contributed by atoms with E-state index in [4.69, 9.17) is 9.47 Å². The van der Waals surface area contributed by atoms with Crippen molar-refractivity contribution in [3.63, 3.8) is 0 Å². The Kier molecular flexibility index (Phi) is 8.81. The monoisotopic (exact) mass is 500 g/mol. The molecule has 0 aliphatic carbocycles. The molecule has 0 fully saturated rings. The van der Waals surface area contributed by atoms with Gasteiger partial charge in [-0.3, -0.25) is 14.4 Å². The van der Waals surface area contributed by atoms with Gasteiger partial charge in [0.2, 0.25) is 5.91 Å². The second-order valence-corrected chi connectivity index (χ2v) is 10.2. The highest BCUT2D eigenvalue weighted by Gasteiger charge is 2.28. The number of aliphatic hydroxyl groups excluding tert-OH is 1. The lowest BCUT2D eigenvalue weighted by atomic mass is 10.0. The first-order valence-electron chi connectivity index (χ1n) is 12.9. The number of aromatic nitrogens is 3. The molecule has 36 heavy (non-hydrogen) atoms. The first kappa shape index (κ1) is 26.4. The number of carbonyl (C=O) groups excluding carboxylic acids is 1. The van der Waals surface area contributed by atoms with E-state index in [9.17, 15) is 9.90 Å². The Labute approximate surface area is 213 Å². The van der Waals surface area contributed by atoms with Crippen LogP contribution in [-0.4, -0.2) is 94.9 Å². The number of likely N-dealkylation sites (N-methyl/N-ethyl adjacent to an activating group) is 2. The Balaban J connectivity index is 1.48. The Morgan fingerprint density at radius 3 is 2.94 bits per heavy atom. The molecule has 1 aromatic heterocycles. The van der Waals surface area contributed by atoms with Gasteiger partial charge in [0.1, 0.15) is 18.1 Å². The van der Waals surface area contributed by atoms with Gasteiger partial charge in [-0.2, -0.15) is 0 Å². The lowest BCUT2D eigenvalue weighted by molar-refractivity contribution is -0.136. The molecule has 3 heterocycles. The maximum Gasteiger partial charge on any atom is 0.222 e. The van der Waals surface area contributed by atoms with E-state index in [0.717, 1.165) is 30.2 Å². The number of hydrogen-bond donors (Lipinski definition) is 1. The van der Waals surface area contributed by atoms with Crippen LogP contribution >= 0.6 is 0 Å². The highest BCUT2D eigenvalue weighted by atomic mass is 16.5. The SMILES string of the molecule is C[C@@H]1CN([C@H](C)CO)C(=O)CCCn2cc(nn2)CO[C@@H]1CN(C)Cc1ccc2c(c1)OCCN2C. The molecule has 10 nitrogen and oxygen atoms in total. The zero-order valence-electron chi connectivity index (χ0n) is 22.0. The first-order chi connectivity index (χ1) is 17.3. The van der Waals surface area contributed by atoms with Crippen molar-refractivity contribution < 1.29 is 19.4 Å². The maximum absolute atomic E-state index is 13.0. The van der Waals surface area contributed by atoms with Crippen molar-refractivity contribution >= 4 is 11.6 Å². The minimum Gasteiger partial charge on any atom is -0.490 e. The van der Waals surface area contributed by atoms with Gasteiger partial charge in [0.25, 0.3) is 0 Å². The zero-order chi connectivity index (χ0) is 25.7. The maximum atomic E-state index is 13.0. The Bertz CT molecular complexity index is 1010. The van der Waals surface area contributed by atoms with E-state index in [2.05, 4.69) is 59.3 Å². The second-order valence-electron chi connectivity index (χ2n) is 10.2. The van der Waals surface area contributed by atoms with Crippen molar-refractivity contribution in [2.75, 3.05) is 51.8 Å². The van der Waals surface area contributed by atoms with Crippen molar-refractivity contribution in [1.29, 1.82) is 0 Å². The summed E-state index contributed by atoms with van der Waals surface area (Å²) >= 11 is 0. The number of anilines is 1. The quantitative estimate of drug-likeness (QED) is 0.641. The predicted molar refractivity (Wildman–Crippen MR) is 137 cm³/mol. The number of rotatable bonds is 6. The van der Waals surface area contributed by atoms with Crippen LogP contribution in [0, 0.1) is 5.92 Å². The van der Waals surface area contributed by atoms with E-state index in [0.29, 0.717) is 45.7 Å². The first-order valence-corrected chi connectivity index (χ1v) is 12.9. The summed E-state index contributed by atoms with van der Waals surface area (Å²) in [6.07, 6.45) is 2.85. The molecule has 1 amide bonds. The van der Waals surface area contributed by atoms with Gasteiger partial charge in [0, 0.05) is 45.6 Å². The van der Waals surface area contributed by atoms with E-state index in [1.54, 1.807) is 4.68 Å². The molecule has 0 unspecified atom stereocenters. The number of amides is 1. The molecule has 0 spiro atoms. The van der Waals surface area contributed by atoms with Crippen molar-refractivity contribution in [3.05, 3.63) is 35.7 Å². The number of aliphatic hydroxyl groups is 1. The normalized spacial score (nSPS) is 22.3. The number of carbonyl (C=O) groups is 1. The van der Waals surface area contributed by atoms with Gasteiger partial charge in [-0.15, -0.1) is 5.10 Å². The van der Waals surface area contributed by atoms with Gasteiger partial charge in [-0.25, -0.2) is 0 Å². The molecule has 0 saturated carbocycles. The van der Waals surface area contributed by atoms with E-state index in [1.807, 2.05) is 18.0 Å². The van der Waals surface area contributed by atoms with Gasteiger partial charge in [0.05, 0.1) is 43.8 Å². The standard InChI is InChI=1S/C26H40N6O4/c1-19-13-32(20(2)17-33)26(34)6-5-9-31-15-22(27-28-31)18-36-25(19)16-29(3)14-21-7-8-23-24(12-21)35-11-10-30(23)4/h7-8,12,15,19-20,25,33H,5-6,9-11,13-14,16-18H2,1-4H3/t19-,20-,25-/m1/s1. The summed E-state index contributed by atoms with van der Waals surface area (Å²) in [4.78, 5) is 19.3. The van der Waals surface area contributed by atoms with Crippen molar-refractivity contribution in [3.8, 4) is 5.75 Å². The fourth-order valence-corrected chi connectivity index (χ4v) is 4.88. The van der Waals surface area contributed by atoms with Crippen molar-refractivity contribution in [2.24, 2.45) is 5.92 Å². The van der Waals surface area contributed by atoms with Crippen LogP contribution in [0.3, 0.4) is 0 Å². The van der Waals surface area contributed by atoms with E-state index < -0.39 is 0 Å². The average molecular weight is 501 g/mol. The Morgan fingerprint density at radius 2 is 2.14 bits per heavy atom. The third-order valence-electron chi connectivity index (χ3n) is 7.11. The summed E-state index contributed by atoms with van der Waals surface area (Å²) in [5.41, 5.74) is 3.09. The fraction of sp³-hybridized carbons (Fsp3) is 0.654. The molecule has 0 radical (unpaired) electrons. The summed E-state index contributed by atoms with van der Waals surface area (Å²) < 4.78 is 14.0. The van der Waals surface area contributed by atoms with Crippen LogP contribution in [0.25, 0.3) is 0 Å². The van der Waals surface area contributed by atoms with Crippen LogP contribution in [-0.2, 0) is 29.2 Å². The molecular weight excluding hydrogens is 460 g/mol. The molecule has 0 saturated heterocycles. The van der Waals surface area contributed by atoms with Crippen LogP contribution in [0.4, 0.5) is 5.69 Å². The molecule has 198 valence electrons. The largest absolute Gasteiger partial charge is 0.490 e. The summed E-state index contributed by atoms with van der Waals surface area (Å²) in [6.45, 7) is 8.49. The zero-order valence-corrected chi connectivity index (χ0v) is 22.0. The fourth-order valence-electron chi connectivity index (χ4n) is 4.88. The molecule has 2 aromatic rings. The number of fused-ring (bicyclic) bond motifs is 3. The van der Waals surface area contributed by atoms with Crippen LogP contribution in [0.2, 0.25) is 0 Å². The molecule has 1 N–H and O–H groups in total. The highest BCUT2D eigenvalue weighted by molar-refractivity contribution is 5.76. The molecule has 2 aliphatic rings. The average Bonchev–Trinajstić information content (AvgIpc) is 3.31. The minimum atomic E-state index is -0.241.